The average molecular weight is 234 g/mol. The van der Waals surface area contributed by atoms with Gasteiger partial charge in [0.15, 0.2) is 0 Å². The molecule has 1 aromatic rings. The molecule has 1 rings (SSSR count). The van der Waals surface area contributed by atoms with Gasteiger partial charge < -0.3 is 4.52 Å². The zero-order chi connectivity index (χ0) is 11.5. The molecule has 4 nitrogen and oxygen atoms in total. The maximum Gasteiger partial charge on any atom is 0.529 e. The first kappa shape index (κ1) is 12.2. The van der Waals surface area contributed by atoms with Gasteiger partial charge in [-0.05, 0) is 30.7 Å². The minimum absolute atomic E-state index is 0.237. The van der Waals surface area contributed by atoms with Crippen molar-refractivity contribution in [2.45, 2.75) is 6.92 Å². The second-order valence-electron chi connectivity index (χ2n) is 2.81. The number of phosphoric acid groups is 1. The molecule has 0 radical (unpaired) electrons. The summed E-state index contributed by atoms with van der Waals surface area (Å²) >= 11 is 0. The number of halogens is 1. The number of hydrogen-bond acceptors (Lipinski definition) is 4. The van der Waals surface area contributed by atoms with Gasteiger partial charge in [-0.2, -0.15) is 0 Å². The van der Waals surface area contributed by atoms with Crippen molar-refractivity contribution in [1.82, 2.24) is 0 Å². The first-order valence-electron chi connectivity index (χ1n) is 4.18. The van der Waals surface area contributed by atoms with E-state index in [0.717, 1.165) is 0 Å². The van der Waals surface area contributed by atoms with Crippen LogP contribution in [0.15, 0.2) is 18.2 Å². The van der Waals surface area contributed by atoms with E-state index in [1.54, 1.807) is 6.92 Å². The number of hydrogen-bond donors (Lipinski definition) is 0. The Morgan fingerprint density at radius 3 is 2.33 bits per heavy atom. The fraction of sp³-hybridized carbons (Fsp3) is 0.333. The van der Waals surface area contributed by atoms with E-state index >= 15 is 0 Å². The highest BCUT2D eigenvalue weighted by Gasteiger charge is 2.24. The van der Waals surface area contributed by atoms with Crippen LogP contribution in [0.25, 0.3) is 0 Å². The Balaban J connectivity index is 2.90. The van der Waals surface area contributed by atoms with Crippen molar-refractivity contribution in [3.8, 4) is 5.75 Å². The van der Waals surface area contributed by atoms with E-state index in [4.69, 9.17) is 4.52 Å². The van der Waals surface area contributed by atoms with Crippen molar-refractivity contribution in [3.63, 3.8) is 0 Å². The molecule has 0 N–H and O–H groups in total. The lowest BCUT2D eigenvalue weighted by Crippen LogP contribution is -1.97. The molecule has 0 fully saturated rings. The lowest BCUT2D eigenvalue weighted by atomic mass is 10.2. The third-order valence-corrected chi connectivity index (χ3v) is 3.12. The quantitative estimate of drug-likeness (QED) is 0.751. The highest BCUT2D eigenvalue weighted by atomic mass is 31.2. The molecule has 0 amide bonds. The predicted molar refractivity (Wildman–Crippen MR) is 53.4 cm³/mol. The highest BCUT2D eigenvalue weighted by molar-refractivity contribution is 7.48. The largest absolute Gasteiger partial charge is 0.529 e. The molecule has 0 saturated carbocycles. The summed E-state index contributed by atoms with van der Waals surface area (Å²) in [7, 11) is -1.14. The second kappa shape index (κ2) is 4.75. The first-order valence-corrected chi connectivity index (χ1v) is 5.64. The molecule has 0 spiro atoms. The minimum atomic E-state index is -3.56. The molecular formula is C9H12FO4P. The zero-order valence-corrected chi connectivity index (χ0v) is 9.58. The lowest BCUT2D eigenvalue weighted by molar-refractivity contribution is 0.211. The second-order valence-corrected chi connectivity index (χ2v) is 4.62. The normalized spacial score (nSPS) is 11.5. The van der Waals surface area contributed by atoms with Gasteiger partial charge in [-0.1, -0.05) is 0 Å². The monoisotopic (exact) mass is 234 g/mol. The van der Waals surface area contributed by atoms with Crippen LogP contribution in [-0.4, -0.2) is 14.2 Å². The van der Waals surface area contributed by atoms with Gasteiger partial charge in [0.05, 0.1) is 0 Å². The van der Waals surface area contributed by atoms with E-state index < -0.39 is 7.82 Å². The van der Waals surface area contributed by atoms with Gasteiger partial charge >= 0.3 is 7.82 Å². The van der Waals surface area contributed by atoms with Crippen molar-refractivity contribution in [1.29, 1.82) is 0 Å². The van der Waals surface area contributed by atoms with Gasteiger partial charge in [0.25, 0.3) is 0 Å². The van der Waals surface area contributed by atoms with Crippen molar-refractivity contribution >= 4 is 7.82 Å². The molecule has 0 saturated heterocycles. The van der Waals surface area contributed by atoms with E-state index in [-0.39, 0.29) is 11.6 Å². The van der Waals surface area contributed by atoms with Gasteiger partial charge in [-0.25, -0.2) is 8.96 Å². The summed E-state index contributed by atoms with van der Waals surface area (Å²) in [5.74, 6) is -0.118. The molecule has 1 aromatic carbocycles. The van der Waals surface area contributed by atoms with Gasteiger partial charge in [0.1, 0.15) is 11.6 Å². The fourth-order valence-electron chi connectivity index (χ4n) is 0.952. The van der Waals surface area contributed by atoms with E-state index in [2.05, 4.69) is 9.05 Å². The molecular weight excluding hydrogens is 222 g/mol. The van der Waals surface area contributed by atoms with Crippen molar-refractivity contribution < 1.29 is 22.5 Å². The van der Waals surface area contributed by atoms with Crippen LogP contribution in [0, 0.1) is 12.7 Å². The molecule has 0 unspecified atom stereocenters. The van der Waals surface area contributed by atoms with E-state index in [0.29, 0.717) is 5.56 Å². The van der Waals surface area contributed by atoms with Crippen molar-refractivity contribution in [3.05, 3.63) is 29.6 Å². The first-order chi connectivity index (χ1) is 7.00. The summed E-state index contributed by atoms with van der Waals surface area (Å²) in [6.07, 6.45) is 0. The maximum absolute atomic E-state index is 12.9. The van der Waals surface area contributed by atoms with Gasteiger partial charge in [-0.15, -0.1) is 0 Å². The van der Waals surface area contributed by atoms with Gasteiger partial charge in [0, 0.05) is 14.2 Å². The summed E-state index contributed by atoms with van der Waals surface area (Å²) in [5, 5.41) is 0. The summed E-state index contributed by atoms with van der Waals surface area (Å²) in [4.78, 5) is 0. The standard InChI is InChI=1S/C9H12FO4P/c1-7-6-8(4-5-9(7)10)14-15(11,12-2)13-3/h4-6H,1-3H3. The van der Waals surface area contributed by atoms with Crippen LogP contribution in [-0.2, 0) is 13.6 Å². The van der Waals surface area contributed by atoms with Gasteiger partial charge in [0.2, 0.25) is 0 Å². The SMILES string of the molecule is COP(=O)(OC)Oc1ccc(F)c(C)c1. The van der Waals surface area contributed by atoms with Crippen molar-refractivity contribution in [2.75, 3.05) is 14.2 Å². The number of phosphoric ester groups is 1. The third-order valence-electron chi connectivity index (χ3n) is 1.79. The van der Waals surface area contributed by atoms with Gasteiger partial charge in [-0.3, -0.25) is 9.05 Å². The Bertz CT molecular complexity index is 386. The Labute approximate surface area is 87.6 Å². The smallest absolute Gasteiger partial charge is 0.404 e. The Morgan fingerprint density at radius 1 is 1.27 bits per heavy atom. The molecule has 0 aliphatic carbocycles. The third kappa shape index (κ3) is 3.02. The zero-order valence-electron chi connectivity index (χ0n) is 8.69. The molecule has 0 aliphatic rings. The van der Waals surface area contributed by atoms with Crippen LogP contribution in [0.2, 0.25) is 0 Å². The Hall–Kier alpha value is -0.900. The molecule has 0 aliphatic heterocycles. The molecule has 0 atom stereocenters. The predicted octanol–water partition coefficient (Wildman–Crippen LogP) is 2.91. The molecule has 84 valence electrons. The maximum atomic E-state index is 12.9. The molecule has 0 bridgehead atoms. The Morgan fingerprint density at radius 2 is 1.87 bits per heavy atom. The highest BCUT2D eigenvalue weighted by Crippen LogP contribution is 2.47. The summed E-state index contributed by atoms with van der Waals surface area (Å²) < 4.78 is 38.6. The van der Waals surface area contributed by atoms with Crippen LogP contribution in [0.3, 0.4) is 0 Å². The number of aryl methyl sites for hydroxylation is 1. The van der Waals surface area contributed by atoms with Crippen LogP contribution < -0.4 is 4.52 Å². The summed E-state index contributed by atoms with van der Waals surface area (Å²) in [6.45, 7) is 1.58. The molecule has 0 aromatic heterocycles. The number of benzene rings is 1. The van der Waals surface area contributed by atoms with Crippen LogP contribution in [0.4, 0.5) is 4.39 Å². The average Bonchev–Trinajstić information content (AvgIpc) is 2.23. The van der Waals surface area contributed by atoms with E-state index in [1.807, 2.05) is 0 Å². The number of rotatable bonds is 4. The summed E-state index contributed by atoms with van der Waals surface area (Å²) in [5.41, 5.74) is 0.395. The molecule has 15 heavy (non-hydrogen) atoms. The van der Waals surface area contributed by atoms with E-state index in [1.165, 1.54) is 32.4 Å². The molecule has 0 heterocycles. The van der Waals surface area contributed by atoms with Crippen LogP contribution in [0.5, 0.6) is 5.75 Å². The Kier molecular flexibility index (Phi) is 3.85. The minimum Gasteiger partial charge on any atom is -0.404 e. The lowest BCUT2D eigenvalue weighted by Gasteiger charge is -2.14. The molecule has 6 heteroatoms. The van der Waals surface area contributed by atoms with Crippen LogP contribution >= 0.6 is 7.82 Å². The van der Waals surface area contributed by atoms with Crippen molar-refractivity contribution in [2.24, 2.45) is 0 Å². The van der Waals surface area contributed by atoms with E-state index in [9.17, 15) is 8.96 Å². The summed E-state index contributed by atoms with van der Waals surface area (Å²) in [6, 6.07) is 3.99. The topological polar surface area (TPSA) is 44.8 Å². The fourth-order valence-corrected chi connectivity index (χ4v) is 1.62. The van der Waals surface area contributed by atoms with Crippen LogP contribution in [0.1, 0.15) is 5.56 Å².